The monoisotopic (exact) mass is 369 g/mol. The molecule has 1 aromatic rings. The highest BCUT2D eigenvalue weighted by Gasteiger charge is 2.25. The Morgan fingerprint density at radius 3 is 2.48 bits per heavy atom. The molecule has 25 heavy (non-hydrogen) atoms. The lowest BCUT2D eigenvalue weighted by atomic mass is 10.2. The summed E-state index contributed by atoms with van der Waals surface area (Å²) in [6.07, 6.45) is 3.01. The minimum Gasteiger partial charge on any atom is -0.378 e. The van der Waals surface area contributed by atoms with Crippen LogP contribution >= 0.6 is 0 Å². The number of nitrogens with one attached hydrogen (secondary N) is 1. The first-order chi connectivity index (χ1) is 11.8. The minimum atomic E-state index is -3.37. The maximum absolute atomic E-state index is 12.1. The van der Waals surface area contributed by atoms with Crippen molar-refractivity contribution in [3.8, 4) is 0 Å². The zero-order valence-electron chi connectivity index (χ0n) is 15.1. The third-order valence-corrected chi connectivity index (χ3v) is 5.43. The number of anilines is 2. The fourth-order valence-corrected chi connectivity index (χ4v) is 3.56. The van der Waals surface area contributed by atoms with E-state index in [0.717, 1.165) is 18.5 Å². The molecule has 1 atom stereocenters. The molecule has 1 N–H and O–H groups in total. The molecule has 0 bridgehead atoms. The van der Waals surface area contributed by atoms with E-state index in [1.807, 2.05) is 43.3 Å². The number of amides is 1. The van der Waals surface area contributed by atoms with Crippen LogP contribution in [0.25, 0.3) is 0 Å². The predicted octanol–water partition coefficient (Wildman–Crippen LogP) is 1.52. The lowest BCUT2D eigenvalue weighted by molar-refractivity contribution is -0.116. The second kappa shape index (κ2) is 8.64. The molecule has 1 amide bonds. The summed E-state index contributed by atoms with van der Waals surface area (Å²) < 4.78 is 30.7. The molecule has 2 rings (SSSR count). The third-order valence-electron chi connectivity index (χ3n) is 4.16. The maximum atomic E-state index is 12.1. The number of ether oxygens (including phenoxy) is 1. The van der Waals surface area contributed by atoms with Gasteiger partial charge in [-0.1, -0.05) is 0 Å². The van der Waals surface area contributed by atoms with Crippen molar-refractivity contribution >= 4 is 27.3 Å². The van der Waals surface area contributed by atoms with Crippen LogP contribution in [0.3, 0.4) is 0 Å². The van der Waals surface area contributed by atoms with Crippen LogP contribution in [0, 0.1) is 0 Å². The summed E-state index contributed by atoms with van der Waals surface area (Å²) >= 11 is 0. The van der Waals surface area contributed by atoms with Crippen LogP contribution in [0.15, 0.2) is 24.3 Å². The molecule has 0 aromatic heterocycles. The molecule has 1 saturated heterocycles. The number of hydrogen-bond donors (Lipinski definition) is 1. The summed E-state index contributed by atoms with van der Waals surface area (Å²) in [7, 11) is 0.523. The lowest BCUT2D eigenvalue weighted by Gasteiger charge is -2.22. The smallest absolute Gasteiger partial charge is 0.225 e. The summed E-state index contributed by atoms with van der Waals surface area (Å²) in [5.74, 6) is -0.210. The second-order valence-electron chi connectivity index (χ2n) is 6.50. The van der Waals surface area contributed by atoms with Gasteiger partial charge in [0, 0.05) is 51.6 Å². The van der Waals surface area contributed by atoms with Gasteiger partial charge in [0.15, 0.2) is 0 Å². The molecule has 0 spiro atoms. The van der Waals surface area contributed by atoms with Gasteiger partial charge < -0.3 is 15.0 Å². The third kappa shape index (κ3) is 6.30. The molecule has 1 unspecified atom stereocenters. The van der Waals surface area contributed by atoms with Crippen LogP contribution < -0.4 is 10.2 Å². The van der Waals surface area contributed by atoms with Crippen molar-refractivity contribution in [3.63, 3.8) is 0 Å². The number of rotatable bonds is 8. The Balaban J connectivity index is 1.87. The van der Waals surface area contributed by atoms with Gasteiger partial charge in [0.05, 0.1) is 12.4 Å². The number of benzene rings is 1. The Kier molecular flexibility index (Phi) is 6.80. The topological polar surface area (TPSA) is 79.0 Å². The van der Waals surface area contributed by atoms with E-state index < -0.39 is 10.0 Å². The predicted molar refractivity (Wildman–Crippen MR) is 99.4 cm³/mol. The lowest BCUT2D eigenvalue weighted by Crippen LogP contribution is -2.38. The second-order valence-corrected chi connectivity index (χ2v) is 8.48. The molecule has 0 radical (unpaired) electrons. The van der Waals surface area contributed by atoms with Gasteiger partial charge in [0.1, 0.15) is 0 Å². The van der Waals surface area contributed by atoms with Crippen LogP contribution in [-0.4, -0.2) is 64.8 Å². The molecule has 0 aliphatic carbocycles. The van der Waals surface area contributed by atoms with E-state index in [2.05, 4.69) is 5.32 Å². The molecule has 1 aromatic carbocycles. The zero-order valence-corrected chi connectivity index (χ0v) is 15.9. The van der Waals surface area contributed by atoms with Gasteiger partial charge in [-0.3, -0.25) is 4.79 Å². The number of nitrogens with zero attached hydrogens (tertiary/aromatic N) is 2. The van der Waals surface area contributed by atoms with E-state index in [4.69, 9.17) is 4.74 Å². The molecule has 0 saturated carbocycles. The zero-order chi connectivity index (χ0) is 18.4. The van der Waals surface area contributed by atoms with Crippen LogP contribution in [0.5, 0.6) is 0 Å². The first kappa shape index (κ1) is 19.7. The van der Waals surface area contributed by atoms with E-state index >= 15 is 0 Å². The minimum absolute atomic E-state index is 0.0728. The van der Waals surface area contributed by atoms with Crippen molar-refractivity contribution in [2.75, 3.05) is 50.3 Å². The standard InChI is InChI=1S/C17H27N3O4S/c1-19(2)15-8-6-14(7-9-15)18-17(21)10-11-20(25(3,22)23)13-16-5-4-12-24-16/h6-9,16H,4-5,10-13H2,1-3H3,(H,18,21). The average molecular weight is 369 g/mol. The molecule has 1 aliphatic heterocycles. The Labute approximate surface area is 150 Å². The molecule has 140 valence electrons. The van der Waals surface area contributed by atoms with E-state index in [-0.39, 0.29) is 25.0 Å². The van der Waals surface area contributed by atoms with E-state index in [1.54, 1.807) is 0 Å². The van der Waals surface area contributed by atoms with E-state index in [0.29, 0.717) is 18.8 Å². The van der Waals surface area contributed by atoms with Gasteiger partial charge in [0.25, 0.3) is 0 Å². The molecule has 1 fully saturated rings. The normalized spacial score (nSPS) is 17.7. The van der Waals surface area contributed by atoms with Gasteiger partial charge in [-0.05, 0) is 37.1 Å². The van der Waals surface area contributed by atoms with Gasteiger partial charge in [0.2, 0.25) is 15.9 Å². The van der Waals surface area contributed by atoms with Crippen LogP contribution in [-0.2, 0) is 19.6 Å². The van der Waals surface area contributed by atoms with Gasteiger partial charge in [-0.15, -0.1) is 0 Å². The fourth-order valence-electron chi connectivity index (χ4n) is 2.70. The maximum Gasteiger partial charge on any atom is 0.225 e. The highest BCUT2D eigenvalue weighted by molar-refractivity contribution is 7.88. The fraction of sp³-hybridized carbons (Fsp3) is 0.588. The van der Waals surface area contributed by atoms with Gasteiger partial charge >= 0.3 is 0 Å². The number of carbonyl (C=O) groups is 1. The molecule has 1 heterocycles. The van der Waals surface area contributed by atoms with Crippen LogP contribution in [0.2, 0.25) is 0 Å². The summed E-state index contributed by atoms with van der Waals surface area (Å²) in [6.45, 7) is 1.13. The van der Waals surface area contributed by atoms with Gasteiger partial charge in [-0.25, -0.2) is 8.42 Å². The molecular weight excluding hydrogens is 342 g/mol. The Hall–Kier alpha value is -1.64. The van der Waals surface area contributed by atoms with Crippen LogP contribution in [0.1, 0.15) is 19.3 Å². The highest BCUT2D eigenvalue weighted by Crippen LogP contribution is 2.17. The first-order valence-electron chi connectivity index (χ1n) is 8.39. The quantitative estimate of drug-likeness (QED) is 0.752. The van der Waals surface area contributed by atoms with Gasteiger partial charge in [-0.2, -0.15) is 4.31 Å². The SMILES string of the molecule is CN(C)c1ccc(NC(=O)CCN(CC2CCCO2)S(C)(=O)=O)cc1. The first-order valence-corrected chi connectivity index (χ1v) is 10.2. The number of carbonyl (C=O) groups excluding carboxylic acids is 1. The summed E-state index contributed by atoms with van der Waals surface area (Å²) in [5.41, 5.74) is 1.73. The Bertz CT molecular complexity index is 668. The average Bonchev–Trinajstić information content (AvgIpc) is 3.04. The number of sulfonamides is 1. The van der Waals surface area contributed by atoms with Crippen molar-refractivity contribution in [3.05, 3.63) is 24.3 Å². The van der Waals surface area contributed by atoms with Crippen molar-refractivity contribution in [1.82, 2.24) is 4.31 Å². The molecule has 8 heteroatoms. The van der Waals surface area contributed by atoms with Crippen molar-refractivity contribution in [1.29, 1.82) is 0 Å². The Morgan fingerprint density at radius 2 is 1.96 bits per heavy atom. The number of hydrogen-bond acceptors (Lipinski definition) is 5. The molecule has 7 nitrogen and oxygen atoms in total. The van der Waals surface area contributed by atoms with Crippen LogP contribution in [0.4, 0.5) is 11.4 Å². The summed E-state index contributed by atoms with van der Waals surface area (Å²) in [6, 6.07) is 7.48. The van der Waals surface area contributed by atoms with Crippen molar-refractivity contribution < 1.29 is 17.9 Å². The Morgan fingerprint density at radius 1 is 1.28 bits per heavy atom. The van der Waals surface area contributed by atoms with Crippen molar-refractivity contribution in [2.45, 2.75) is 25.4 Å². The largest absolute Gasteiger partial charge is 0.378 e. The molecular formula is C17H27N3O4S. The van der Waals surface area contributed by atoms with E-state index in [1.165, 1.54) is 10.6 Å². The highest BCUT2D eigenvalue weighted by atomic mass is 32.2. The summed E-state index contributed by atoms with van der Waals surface area (Å²) in [5, 5.41) is 2.80. The molecule has 1 aliphatic rings. The summed E-state index contributed by atoms with van der Waals surface area (Å²) in [4.78, 5) is 14.1. The van der Waals surface area contributed by atoms with E-state index in [9.17, 15) is 13.2 Å². The van der Waals surface area contributed by atoms with Crippen molar-refractivity contribution in [2.24, 2.45) is 0 Å².